The Balaban J connectivity index is 1.83. The minimum atomic E-state index is -1.05. The van der Waals surface area contributed by atoms with Crippen LogP contribution in [-0.2, 0) is 0 Å². The van der Waals surface area contributed by atoms with Crippen molar-refractivity contribution in [2.45, 2.75) is 12.3 Å². The molecule has 0 aliphatic carbocycles. The molecule has 3 rings (SSSR count). The number of aromatic nitrogens is 2. The van der Waals surface area contributed by atoms with Crippen LogP contribution >= 0.6 is 11.6 Å². The molecule has 6 heteroatoms. The molecule has 2 heterocycles. The number of carboxylic acids is 1. The number of hydrogen-bond acceptors (Lipinski definition) is 4. The van der Waals surface area contributed by atoms with Crippen molar-refractivity contribution in [3.63, 3.8) is 0 Å². The van der Waals surface area contributed by atoms with E-state index in [1.165, 1.54) is 18.0 Å². The zero-order valence-electron chi connectivity index (χ0n) is 11.2. The van der Waals surface area contributed by atoms with E-state index in [0.717, 1.165) is 24.5 Å². The second-order valence-electron chi connectivity index (χ2n) is 5.02. The predicted molar refractivity (Wildman–Crippen MR) is 80.0 cm³/mol. The first-order chi connectivity index (χ1) is 10.1. The van der Waals surface area contributed by atoms with Crippen LogP contribution in [0.1, 0.15) is 28.4 Å². The van der Waals surface area contributed by atoms with Gasteiger partial charge >= 0.3 is 5.97 Å². The van der Waals surface area contributed by atoms with Crippen LogP contribution < -0.4 is 4.90 Å². The summed E-state index contributed by atoms with van der Waals surface area (Å²) >= 11 is 6.03. The summed E-state index contributed by atoms with van der Waals surface area (Å²) in [5.41, 5.74) is 1.18. The van der Waals surface area contributed by atoms with E-state index >= 15 is 0 Å². The molecule has 1 unspecified atom stereocenters. The maximum atomic E-state index is 11.2. The Morgan fingerprint density at radius 1 is 1.33 bits per heavy atom. The Hall–Kier alpha value is -2.14. The second-order valence-corrected chi connectivity index (χ2v) is 5.46. The summed E-state index contributed by atoms with van der Waals surface area (Å²) in [6.45, 7) is 1.48. The molecule has 1 N–H and O–H groups in total. The van der Waals surface area contributed by atoms with Crippen LogP contribution in [0, 0.1) is 0 Å². The highest BCUT2D eigenvalue weighted by Gasteiger charge is 2.28. The highest BCUT2D eigenvalue weighted by Crippen LogP contribution is 2.31. The van der Waals surface area contributed by atoms with Crippen LogP contribution in [0.5, 0.6) is 0 Å². The molecule has 1 saturated heterocycles. The van der Waals surface area contributed by atoms with Gasteiger partial charge in [0.05, 0.1) is 0 Å². The minimum absolute atomic E-state index is 0.00393. The van der Waals surface area contributed by atoms with E-state index in [4.69, 9.17) is 11.6 Å². The molecule has 108 valence electrons. The molecule has 1 aliphatic heterocycles. The standard InChI is InChI=1S/C15H14ClN3O2/c16-12-3-1-2-10(8-12)11-4-7-19(9-11)14-13(15(20)21)17-5-6-18-14/h1-3,5-6,8,11H,4,7,9H2,(H,20,21). The number of nitrogens with zero attached hydrogens (tertiary/aromatic N) is 3. The van der Waals surface area contributed by atoms with Crippen LogP contribution in [0.3, 0.4) is 0 Å². The lowest BCUT2D eigenvalue weighted by Gasteiger charge is -2.18. The molecule has 1 fully saturated rings. The van der Waals surface area contributed by atoms with Crippen molar-refractivity contribution in [2.24, 2.45) is 0 Å². The van der Waals surface area contributed by atoms with Gasteiger partial charge in [-0.2, -0.15) is 0 Å². The third-order valence-corrected chi connectivity index (χ3v) is 3.92. The van der Waals surface area contributed by atoms with Gasteiger partial charge in [-0.3, -0.25) is 0 Å². The van der Waals surface area contributed by atoms with E-state index in [1.807, 2.05) is 23.1 Å². The lowest BCUT2D eigenvalue weighted by molar-refractivity contribution is 0.0691. The Kier molecular flexibility index (Phi) is 3.75. The van der Waals surface area contributed by atoms with Gasteiger partial charge in [0, 0.05) is 36.4 Å². The molecule has 0 radical (unpaired) electrons. The highest BCUT2D eigenvalue weighted by molar-refractivity contribution is 6.30. The van der Waals surface area contributed by atoms with Crippen LogP contribution in [0.25, 0.3) is 0 Å². The Morgan fingerprint density at radius 2 is 2.14 bits per heavy atom. The predicted octanol–water partition coefficient (Wildman–Crippen LogP) is 2.82. The first-order valence-corrected chi connectivity index (χ1v) is 7.07. The van der Waals surface area contributed by atoms with Gasteiger partial charge in [0.15, 0.2) is 11.5 Å². The van der Waals surface area contributed by atoms with Gasteiger partial charge in [-0.1, -0.05) is 23.7 Å². The molecule has 0 spiro atoms. The van der Waals surface area contributed by atoms with Crippen molar-refractivity contribution in [1.29, 1.82) is 0 Å². The lowest BCUT2D eigenvalue weighted by Crippen LogP contribution is -2.23. The summed E-state index contributed by atoms with van der Waals surface area (Å²) in [6.07, 6.45) is 3.86. The molecule has 1 aliphatic rings. The maximum absolute atomic E-state index is 11.2. The fourth-order valence-electron chi connectivity index (χ4n) is 2.70. The van der Waals surface area contributed by atoms with E-state index in [9.17, 15) is 9.90 Å². The SMILES string of the molecule is O=C(O)c1nccnc1N1CCC(c2cccc(Cl)c2)C1. The Labute approximate surface area is 127 Å². The number of rotatable bonds is 3. The quantitative estimate of drug-likeness (QED) is 0.944. The molecule has 1 atom stereocenters. The maximum Gasteiger partial charge on any atom is 0.358 e. The lowest BCUT2D eigenvalue weighted by atomic mass is 9.99. The third kappa shape index (κ3) is 2.83. The molecule has 1 aromatic heterocycles. The number of carboxylic acid groups (broad SMARTS) is 1. The Morgan fingerprint density at radius 3 is 2.90 bits per heavy atom. The van der Waals surface area contributed by atoms with Gasteiger partial charge in [0.25, 0.3) is 0 Å². The van der Waals surface area contributed by atoms with Gasteiger partial charge in [-0.25, -0.2) is 14.8 Å². The van der Waals surface area contributed by atoms with Crippen LogP contribution in [0.15, 0.2) is 36.7 Å². The third-order valence-electron chi connectivity index (χ3n) is 3.69. The summed E-state index contributed by atoms with van der Waals surface area (Å²) in [5.74, 6) is -0.286. The molecule has 0 bridgehead atoms. The van der Waals surface area contributed by atoms with Crippen LogP contribution in [0.4, 0.5) is 5.82 Å². The van der Waals surface area contributed by atoms with Crippen LogP contribution in [0.2, 0.25) is 5.02 Å². The minimum Gasteiger partial charge on any atom is -0.476 e. The van der Waals surface area contributed by atoms with Crippen molar-refractivity contribution >= 4 is 23.4 Å². The highest BCUT2D eigenvalue weighted by atomic mass is 35.5. The van der Waals surface area contributed by atoms with Crippen LogP contribution in [-0.4, -0.2) is 34.1 Å². The molecule has 5 nitrogen and oxygen atoms in total. The molecule has 0 amide bonds. The smallest absolute Gasteiger partial charge is 0.358 e. The van der Waals surface area contributed by atoms with Gasteiger partial charge < -0.3 is 10.0 Å². The summed E-state index contributed by atoms with van der Waals surface area (Å²) < 4.78 is 0. The number of benzene rings is 1. The Bertz CT molecular complexity index is 677. The van der Waals surface area contributed by atoms with Gasteiger partial charge in [0.2, 0.25) is 0 Å². The summed E-state index contributed by atoms with van der Waals surface area (Å²) in [6, 6.07) is 7.80. The number of anilines is 1. The van der Waals surface area contributed by atoms with E-state index in [0.29, 0.717) is 11.7 Å². The molecular weight excluding hydrogens is 290 g/mol. The molecule has 2 aromatic rings. The normalized spacial score (nSPS) is 18.0. The van der Waals surface area contributed by atoms with Gasteiger partial charge in [-0.15, -0.1) is 0 Å². The zero-order valence-corrected chi connectivity index (χ0v) is 12.0. The van der Waals surface area contributed by atoms with Crippen molar-refractivity contribution in [1.82, 2.24) is 9.97 Å². The summed E-state index contributed by atoms with van der Waals surface area (Å²) in [4.78, 5) is 21.3. The monoisotopic (exact) mass is 303 g/mol. The van der Waals surface area contributed by atoms with Gasteiger partial charge in [0.1, 0.15) is 0 Å². The van der Waals surface area contributed by atoms with Crippen molar-refractivity contribution in [3.05, 3.63) is 52.9 Å². The topological polar surface area (TPSA) is 66.3 Å². The first kappa shape index (κ1) is 13.8. The molecule has 1 aromatic carbocycles. The van der Waals surface area contributed by atoms with E-state index in [-0.39, 0.29) is 5.69 Å². The first-order valence-electron chi connectivity index (χ1n) is 6.70. The van der Waals surface area contributed by atoms with E-state index < -0.39 is 5.97 Å². The molecule has 21 heavy (non-hydrogen) atoms. The molecule has 0 saturated carbocycles. The number of aromatic carboxylic acids is 1. The average Bonchev–Trinajstić information content (AvgIpc) is 2.97. The fourth-order valence-corrected chi connectivity index (χ4v) is 2.90. The van der Waals surface area contributed by atoms with Crippen molar-refractivity contribution in [3.8, 4) is 0 Å². The largest absolute Gasteiger partial charge is 0.476 e. The van der Waals surface area contributed by atoms with E-state index in [1.54, 1.807) is 0 Å². The second kappa shape index (κ2) is 5.69. The van der Waals surface area contributed by atoms with Gasteiger partial charge in [-0.05, 0) is 24.1 Å². The van der Waals surface area contributed by atoms with E-state index in [2.05, 4.69) is 16.0 Å². The number of hydrogen-bond donors (Lipinski definition) is 1. The molecular formula is C15H14ClN3O2. The fraction of sp³-hybridized carbons (Fsp3) is 0.267. The zero-order chi connectivity index (χ0) is 14.8. The summed E-state index contributed by atoms with van der Waals surface area (Å²) in [7, 11) is 0. The average molecular weight is 304 g/mol. The summed E-state index contributed by atoms with van der Waals surface area (Å²) in [5, 5.41) is 9.92. The van der Waals surface area contributed by atoms with Crippen molar-refractivity contribution < 1.29 is 9.90 Å². The number of carbonyl (C=O) groups is 1. The van der Waals surface area contributed by atoms with Crippen molar-refractivity contribution in [2.75, 3.05) is 18.0 Å². The number of halogens is 1.